The summed E-state index contributed by atoms with van der Waals surface area (Å²) in [6.07, 6.45) is -0.290. The number of hydrogen-bond donors (Lipinski definition) is 2. The predicted molar refractivity (Wildman–Crippen MR) is 87.8 cm³/mol. The molecule has 1 saturated heterocycles. The summed E-state index contributed by atoms with van der Waals surface area (Å²) >= 11 is 1.28. The highest BCUT2D eigenvalue weighted by Crippen LogP contribution is 2.32. The number of nitrogens with zero attached hydrogens (tertiary/aromatic N) is 1. The molecular formula is C15H17N3O4S. The van der Waals surface area contributed by atoms with Crippen molar-refractivity contribution in [1.82, 2.24) is 4.90 Å². The zero-order chi connectivity index (χ0) is 16.4. The van der Waals surface area contributed by atoms with Gasteiger partial charge in [0.1, 0.15) is 5.75 Å². The van der Waals surface area contributed by atoms with Crippen LogP contribution in [-0.2, 0) is 9.59 Å². The lowest BCUT2D eigenvalue weighted by atomic mass is 10.2. The van der Waals surface area contributed by atoms with Crippen LogP contribution in [0.5, 0.6) is 5.75 Å². The lowest BCUT2D eigenvalue weighted by Crippen LogP contribution is -2.34. The van der Waals surface area contributed by atoms with Crippen molar-refractivity contribution in [2.45, 2.75) is 19.4 Å². The Morgan fingerprint density at radius 1 is 1.48 bits per heavy atom. The van der Waals surface area contributed by atoms with Crippen LogP contribution in [0, 0.1) is 0 Å². The number of amides is 3. The first-order valence-corrected chi connectivity index (χ1v) is 8.34. The van der Waals surface area contributed by atoms with Gasteiger partial charge >= 0.3 is 0 Å². The first-order chi connectivity index (χ1) is 11.0. The molecule has 0 bridgehead atoms. The molecule has 2 aliphatic heterocycles. The smallest absolute Gasteiger partial charge is 0.281 e. The second kappa shape index (κ2) is 6.49. The van der Waals surface area contributed by atoms with E-state index in [1.54, 1.807) is 30.0 Å². The van der Waals surface area contributed by atoms with Crippen LogP contribution in [0.4, 0.5) is 16.2 Å². The van der Waals surface area contributed by atoms with Gasteiger partial charge in [0.25, 0.3) is 11.1 Å². The van der Waals surface area contributed by atoms with E-state index in [1.807, 2.05) is 0 Å². The van der Waals surface area contributed by atoms with Crippen LogP contribution in [0.25, 0.3) is 0 Å². The normalized spacial score (nSPS) is 19.9. The van der Waals surface area contributed by atoms with Crippen LogP contribution >= 0.6 is 11.8 Å². The van der Waals surface area contributed by atoms with Crippen molar-refractivity contribution in [2.75, 3.05) is 29.5 Å². The van der Waals surface area contributed by atoms with Gasteiger partial charge in [0.2, 0.25) is 5.91 Å². The quantitative estimate of drug-likeness (QED) is 0.877. The van der Waals surface area contributed by atoms with Gasteiger partial charge in [0.15, 0.2) is 6.10 Å². The summed E-state index contributed by atoms with van der Waals surface area (Å²) in [6.45, 7) is 2.78. The summed E-state index contributed by atoms with van der Waals surface area (Å²) in [5, 5.41) is 5.53. The number of carbonyl (C=O) groups is 3. The van der Waals surface area contributed by atoms with Crippen LogP contribution < -0.4 is 15.4 Å². The topological polar surface area (TPSA) is 87.7 Å². The van der Waals surface area contributed by atoms with Gasteiger partial charge in [-0.2, -0.15) is 0 Å². The minimum absolute atomic E-state index is 0.0283. The highest BCUT2D eigenvalue weighted by Gasteiger charge is 2.24. The molecule has 0 spiro atoms. The fraction of sp³-hybridized carbons (Fsp3) is 0.400. The molecule has 0 aliphatic carbocycles. The Labute approximate surface area is 137 Å². The highest BCUT2D eigenvalue weighted by atomic mass is 32.2. The molecule has 2 aliphatic rings. The maximum absolute atomic E-state index is 12.0. The predicted octanol–water partition coefficient (Wildman–Crippen LogP) is 1.90. The number of carbonyl (C=O) groups excluding carboxylic acids is 3. The minimum Gasteiger partial charge on any atom is -0.479 e. The van der Waals surface area contributed by atoms with Crippen molar-refractivity contribution in [2.24, 2.45) is 0 Å². The Morgan fingerprint density at radius 3 is 3.04 bits per heavy atom. The monoisotopic (exact) mass is 335 g/mol. The zero-order valence-corrected chi connectivity index (χ0v) is 13.4. The number of hydrogen-bond acceptors (Lipinski definition) is 5. The molecule has 0 unspecified atom stereocenters. The van der Waals surface area contributed by atoms with Crippen molar-refractivity contribution in [3.8, 4) is 5.75 Å². The Hall–Kier alpha value is -2.22. The molecule has 0 radical (unpaired) electrons. The maximum atomic E-state index is 12.0. The first kappa shape index (κ1) is 15.7. The molecule has 2 N–H and O–H groups in total. The lowest BCUT2D eigenvalue weighted by molar-refractivity contribution is -0.122. The van der Waals surface area contributed by atoms with Crippen molar-refractivity contribution in [1.29, 1.82) is 0 Å². The molecule has 0 aromatic heterocycles. The van der Waals surface area contributed by atoms with E-state index < -0.39 is 6.10 Å². The van der Waals surface area contributed by atoms with Crippen molar-refractivity contribution in [3.05, 3.63) is 18.2 Å². The minimum atomic E-state index is -0.529. The molecule has 7 nitrogen and oxygen atoms in total. The van der Waals surface area contributed by atoms with E-state index in [9.17, 15) is 14.4 Å². The third kappa shape index (κ3) is 3.58. The summed E-state index contributed by atoms with van der Waals surface area (Å²) in [7, 11) is 0. The fourth-order valence-electron chi connectivity index (χ4n) is 2.38. The van der Waals surface area contributed by atoms with Crippen molar-refractivity contribution < 1.29 is 19.1 Å². The standard InChI is InChI=1S/C15H17N3O4S/c1-9-14(20)17-11-8-10(2-3-12(11)22-9)16-13(19)4-5-18-6-7-23-15(18)21/h2-3,8-9H,4-7H2,1H3,(H,16,19)(H,17,20)/t9-/m0/s1. The molecule has 1 aromatic carbocycles. The molecule has 3 amide bonds. The van der Waals surface area contributed by atoms with Crippen molar-refractivity contribution in [3.63, 3.8) is 0 Å². The van der Waals surface area contributed by atoms with Gasteiger partial charge in [-0.1, -0.05) is 11.8 Å². The molecular weight excluding hydrogens is 318 g/mol. The lowest BCUT2D eigenvalue weighted by Gasteiger charge is -2.23. The van der Waals surface area contributed by atoms with Gasteiger partial charge in [-0.15, -0.1) is 0 Å². The number of thioether (sulfide) groups is 1. The van der Waals surface area contributed by atoms with Gasteiger partial charge < -0.3 is 20.3 Å². The number of rotatable bonds is 4. The van der Waals surface area contributed by atoms with Gasteiger partial charge in [0.05, 0.1) is 5.69 Å². The van der Waals surface area contributed by atoms with E-state index in [0.717, 1.165) is 5.75 Å². The zero-order valence-electron chi connectivity index (χ0n) is 12.6. The molecule has 23 heavy (non-hydrogen) atoms. The summed E-state index contributed by atoms with van der Waals surface area (Å²) < 4.78 is 5.46. The SMILES string of the molecule is C[C@@H]1Oc2ccc(NC(=O)CCN3CCSC3=O)cc2NC1=O. The van der Waals surface area contributed by atoms with Crippen LogP contribution in [0.2, 0.25) is 0 Å². The van der Waals surface area contributed by atoms with E-state index in [0.29, 0.717) is 30.2 Å². The molecule has 3 rings (SSSR count). The Balaban J connectivity index is 1.57. The molecule has 122 valence electrons. The van der Waals surface area contributed by atoms with Crippen molar-refractivity contribution >= 4 is 40.2 Å². The molecule has 1 aromatic rings. The number of nitrogens with one attached hydrogen (secondary N) is 2. The number of ether oxygens (including phenoxy) is 1. The number of fused-ring (bicyclic) bond motifs is 1. The summed E-state index contributed by atoms with van der Waals surface area (Å²) in [5.41, 5.74) is 1.12. The van der Waals surface area contributed by atoms with Gasteiger partial charge in [-0.05, 0) is 25.1 Å². The Kier molecular flexibility index (Phi) is 4.42. The van der Waals surface area contributed by atoms with E-state index in [4.69, 9.17) is 4.74 Å². The summed E-state index contributed by atoms with van der Waals surface area (Å²) in [5.74, 6) is 0.968. The van der Waals surface area contributed by atoms with E-state index in [2.05, 4.69) is 10.6 Å². The molecule has 0 saturated carbocycles. The third-order valence-electron chi connectivity index (χ3n) is 3.65. The van der Waals surface area contributed by atoms with Crippen LogP contribution in [0.15, 0.2) is 18.2 Å². The number of anilines is 2. The summed E-state index contributed by atoms with van der Waals surface area (Å²) in [6, 6.07) is 5.09. The van der Waals surface area contributed by atoms with Crippen LogP contribution in [0.3, 0.4) is 0 Å². The van der Waals surface area contributed by atoms with Gasteiger partial charge in [-0.3, -0.25) is 14.4 Å². The van der Waals surface area contributed by atoms with Gasteiger partial charge in [-0.25, -0.2) is 0 Å². The largest absolute Gasteiger partial charge is 0.479 e. The third-order valence-corrected chi connectivity index (χ3v) is 4.54. The second-order valence-electron chi connectivity index (χ2n) is 5.36. The van der Waals surface area contributed by atoms with E-state index in [1.165, 1.54) is 11.8 Å². The van der Waals surface area contributed by atoms with Crippen LogP contribution in [-0.4, -0.2) is 46.9 Å². The summed E-state index contributed by atoms with van der Waals surface area (Å²) in [4.78, 5) is 36.7. The molecule has 8 heteroatoms. The Morgan fingerprint density at radius 2 is 2.30 bits per heavy atom. The fourth-order valence-corrected chi connectivity index (χ4v) is 3.23. The molecule has 2 heterocycles. The number of benzene rings is 1. The molecule has 1 atom stereocenters. The first-order valence-electron chi connectivity index (χ1n) is 7.36. The van der Waals surface area contributed by atoms with Gasteiger partial charge in [0, 0.05) is 31.0 Å². The Bertz CT molecular complexity index is 664. The molecule has 1 fully saturated rings. The average Bonchev–Trinajstić information content (AvgIpc) is 2.92. The highest BCUT2D eigenvalue weighted by molar-refractivity contribution is 8.13. The van der Waals surface area contributed by atoms with E-state index >= 15 is 0 Å². The van der Waals surface area contributed by atoms with E-state index in [-0.39, 0.29) is 23.5 Å². The second-order valence-corrected chi connectivity index (χ2v) is 6.41. The maximum Gasteiger partial charge on any atom is 0.281 e. The average molecular weight is 335 g/mol. The van der Waals surface area contributed by atoms with Crippen LogP contribution in [0.1, 0.15) is 13.3 Å².